The van der Waals surface area contributed by atoms with Crippen LogP contribution in [0.3, 0.4) is 0 Å². The van der Waals surface area contributed by atoms with Gasteiger partial charge in [0.15, 0.2) is 0 Å². The van der Waals surface area contributed by atoms with Gasteiger partial charge in [0.25, 0.3) is 0 Å². The van der Waals surface area contributed by atoms with Crippen molar-refractivity contribution in [2.24, 2.45) is 11.8 Å². The molecule has 2 unspecified atom stereocenters. The highest BCUT2D eigenvalue weighted by Crippen LogP contribution is 2.35. The van der Waals surface area contributed by atoms with Crippen molar-refractivity contribution in [1.29, 1.82) is 0 Å². The molecule has 5 rings (SSSR count). The number of benzene rings is 1. The second kappa shape index (κ2) is 7.39. The summed E-state index contributed by atoms with van der Waals surface area (Å²) in [5.74, 6) is -0.205. The molecule has 0 saturated carbocycles. The number of amides is 2. The Morgan fingerprint density at radius 3 is 2.25 bits per heavy atom. The maximum absolute atomic E-state index is 12.6. The van der Waals surface area contributed by atoms with Gasteiger partial charge < -0.3 is 0 Å². The number of hydrogen-bond acceptors (Lipinski definition) is 6. The van der Waals surface area contributed by atoms with Crippen LogP contribution in [-0.2, 0) is 16.1 Å². The van der Waals surface area contributed by atoms with Gasteiger partial charge in [0.05, 0.1) is 35.3 Å². The van der Waals surface area contributed by atoms with Crippen molar-refractivity contribution in [3.05, 3.63) is 41.4 Å². The summed E-state index contributed by atoms with van der Waals surface area (Å²) >= 11 is 1.76. The van der Waals surface area contributed by atoms with Gasteiger partial charge in [-0.2, -0.15) is 0 Å². The summed E-state index contributed by atoms with van der Waals surface area (Å²) in [5.41, 5.74) is 1.07. The molecule has 3 heterocycles. The minimum Gasteiger partial charge on any atom is -0.294 e. The molecular weight excluding hydrogens is 372 g/mol. The van der Waals surface area contributed by atoms with E-state index in [0.717, 1.165) is 43.2 Å². The Hall–Kier alpha value is -2.09. The van der Waals surface area contributed by atoms with E-state index in [-0.39, 0.29) is 23.7 Å². The fourth-order valence-electron chi connectivity index (χ4n) is 4.48. The number of carbonyl (C=O) groups excluding carboxylic acids is 2. The Labute approximate surface area is 168 Å². The van der Waals surface area contributed by atoms with Crippen molar-refractivity contribution >= 4 is 33.4 Å². The van der Waals surface area contributed by atoms with Crippen LogP contribution in [0.5, 0.6) is 0 Å². The molecule has 1 aliphatic carbocycles. The number of para-hydroxylation sites is 1. The summed E-state index contributed by atoms with van der Waals surface area (Å²) in [4.78, 5) is 36.2. The maximum atomic E-state index is 12.6. The van der Waals surface area contributed by atoms with E-state index < -0.39 is 0 Å². The van der Waals surface area contributed by atoms with E-state index in [9.17, 15) is 9.59 Å². The van der Waals surface area contributed by atoms with Crippen molar-refractivity contribution in [2.45, 2.75) is 19.4 Å². The van der Waals surface area contributed by atoms with Crippen molar-refractivity contribution in [3.63, 3.8) is 0 Å². The zero-order valence-corrected chi connectivity index (χ0v) is 16.6. The van der Waals surface area contributed by atoms with Gasteiger partial charge in [-0.1, -0.05) is 24.3 Å². The standard InChI is InChI=1S/C21H24N4O2S/c26-20-15-5-1-2-6-16(15)21(27)25(20)14-24-11-9-23(10-12-24)13-19-22-17-7-3-4-8-18(17)28-19/h1-4,7-8,15-16H,5-6,9-14H2. The van der Waals surface area contributed by atoms with Crippen molar-refractivity contribution in [2.75, 3.05) is 32.8 Å². The van der Waals surface area contributed by atoms with Gasteiger partial charge in [-0.3, -0.25) is 24.3 Å². The summed E-state index contributed by atoms with van der Waals surface area (Å²) in [6.45, 7) is 4.91. The van der Waals surface area contributed by atoms with Crippen LogP contribution in [0.4, 0.5) is 0 Å². The van der Waals surface area contributed by atoms with Crippen molar-refractivity contribution in [3.8, 4) is 0 Å². The van der Waals surface area contributed by atoms with Crippen LogP contribution in [-0.4, -0.2) is 64.3 Å². The minimum absolute atomic E-state index is 0.0243. The summed E-state index contributed by atoms with van der Waals surface area (Å²) in [6, 6.07) is 8.25. The Bertz CT molecular complexity index is 872. The lowest BCUT2D eigenvalue weighted by molar-refractivity contribution is -0.142. The van der Waals surface area contributed by atoms with Gasteiger partial charge in [0.2, 0.25) is 11.8 Å². The molecule has 2 atom stereocenters. The van der Waals surface area contributed by atoms with Crippen LogP contribution in [0.1, 0.15) is 17.8 Å². The smallest absolute Gasteiger partial charge is 0.234 e. The molecule has 1 aromatic heterocycles. The Morgan fingerprint density at radius 2 is 1.57 bits per heavy atom. The molecule has 146 valence electrons. The number of aromatic nitrogens is 1. The highest BCUT2D eigenvalue weighted by atomic mass is 32.1. The van der Waals surface area contributed by atoms with Crippen LogP contribution >= 0.6 is 11.3 Å². The van der Waals surface area contributed by atoms with Crippen LogP contribution in [0.15, 0.2) is 36.4 Å². The van der Waals surface area contributed by atoms with Crippen LogP contribution in [0.25, 0.3) is 10.2 Å². The molecule has 2 saturated heterocycles. The molecule has 6 nitrogen and oxygen atoms in total. The molecular formula is C21H24N4O2S. The number of nitrogens with zero attached hydrogens (tertiary/aromatic N) is 4. The average molecular weight is 397 g/mol. The monoisotopic (exact) mass is 396 g/mol. The third kappa shape index (κ3) is 3.27. The van der Waals surface area contributed by atoms with Gasteiger partial charge in [-0.25, -0.2) is 4.98 Å². The van der Waals surface area contributed by atoms with E-state index in [1.165, 1.54) is 9.60 Å². The van der Waals surface area contributed by atoms with Crippen LogP contribution in [0, 0.1) is 11.8 Å². The van der Waals surface area contributed by atoms with Gasteiger partial charge in [0, 0.05) is 26.2 Å². The normalized spacial score (nSPS) is 26.4. The lowest BCUT2D eigenvalue weighted by Crippen LogP contribution is -2.51. The third-order valence-electron chi connectivity index (χ3n) is 6.10. The number of fused-ring (bicyclic) bond motifs is 2. The summed E-state index contributed by atoms with van der Waals surface area (Å²) in [6.07, 6.45) is 5.50. The molecule has 0 radical (unpaired) electrons. The van der Waals surface area contributed by atoms with E-state index in [2.05, 4.69) is 28.0 Å². The van der Waals surface area contributed by atoms with E-state index in [1.54, 1.807) is 11.3 Å². The highest BCUT2D eigenvalue weighted by molar-refractivity contribution is 7.18. The molecule has 1 aromatic carbocycles. The van der Waals surface area contributed by atoms with E-state index in [1.807, 2.05) is 18.2 Å². The number of carbonyl (C=O) groups is 2. The predicted molar refractivity (Wildman–Crippen MR) is 109 cm³/mol. The Balaban J connectivity index is 1.16. The zero-order valence-electron chi connectivity index (χ0n) is 15.8. The second-order valence-corrected chi connectivity index (χ2v) is 8.99. The fourth-order valence-corrected chi connectivity index (χ4v) is 5.49. The summed E-state index contributed by atoms with van der Waals surface area (Å²) in [7, 11) is 0. The van der Waals surface area contributed by atoms with Gasteiger partial charge in [-0.15, -0.1) is 11.3 Å². The topological polar surface area (TPSA) is 56.8 Å². The fraction of sp³-hybridized carbons (Fsp3) is 0.476. The molecule has 2 amide bonds. The molecule has 2 aromatic rings. The first-order chi connectivity index (χ1) is 13.7. The maximum Gasteiger partial charge on any atom is 0.234 e. The number of allylic oxidation sites excluding steroid dienone is 2. The number of thiazole rings is 1. The molecule has 7 heteroatoms. The van der Waals surface area contributed by atoms with E-state index in [0.29, 0.717) is 19.5 Å². The molecule has 2 aliphatic heterocycles. The quantitative estimate of drug-likeness (QED) is 0.586. The molecule has 0 bridgehead atoms. The van der Waals surface area contributed by atoms with E-state index >= 15 is 0 Å². The predicted octanol–water partition coefficient (Wildman–Crippen LogP) is 2.32. The third-order valence-corrected chi connectivity index (χ3v) is 7.12. The average Bonchev–Trinajstić information content (AvgIpc) is 3.24. The number of piperazine rings is 1. The summed E-state index contributed by atoms with van der Waals surface area (Å²) < 4.78 is 1.23. The first-order valence-electron chi connectivity index (χ1n) is 9.98. The first-order valence-corrected chi connectivity index (χ1v) is 10.8. The van der Waals surface area contributed by atoms with Gasteiger partial charge in [0.1, 0.15) is 5.01 Å². The molecule has 2 fully saturated rings. The lowest BCUT2D eigenvalue weighted by atomic mass is 9.85. The highest BCUT2D eigenvalue weighted by Gasteiger charge is 2.47. The van der Waals surface area contributed by atoms with Crippen LogP contribution in [0.2, 0.25) is 0 Å². The van der Waals surface area contributed by atoms with Gasteiger partial charge >= 0.3 is 0 Å². The molecule has 0 spiro atoms. The van der Waals surface area contributed by atoms with Gasteiger partial charge in [-0.05, 0) is 25.0 Å². The largest absolute Gasteiger partial charge is 0.294 e. The number of hydrogen-bond donors (Lipinski definition) is 0. The van der Waals surface area contributed by atoms with Crippen molar-refractivity contribution < 1.29 is 9.59 Å². The summed E-state index contributed by atoms with van der Waals surface area (Å²) in [5, 5.41) is 1.15. The lowest BCUT2D eigenvalue weighted by Gasteiger charge is -2.35. The van der Waals surface area contributed by atoms with Crippen LogP contribution < -0.4 is 0 Å². The molecule has 3 aliphatic rings. The Kier molecular flexibility index (Phi) is 4.74. The second-order valence-electron chi connectivity index (χ2n) is 7.87. The minimum atomic E-state index is -0.127. The SMILES string of the molecule is O=C1C2CC=CCC2C(=O)N1CN1CCN(Cc2nc3ccccc3s2)CC1. The van der Waals surface area contributed by atoms with Crippen molar-refractivity contribution in [1.82, 2.24) is 19.7 Å². The molecule has 28 heavy (non-hydrogen) atoms. The zero-order chi connectivity index (χ0) is 19.1. The number of rotatable bonds is 4. The Morgan fingerprint density at radius 1 is 0.929 bits per heavy atom. The first kappa shape index (κ1) is 18.0. The molecule has 0 N–H and O–H groups in total. The van der Waals surface area contributed by atoms with E-state index in [4.69, 9.17) is 4.98 Å². The number of imide groups is 1. The number of likely N-dealkylation sites (tertiary alicyclic amines) is 1.